The lowest BCUT2D eigenvalue weighted by Crippen LogP contribution is -2.04. The normalized spacial score (nSPS) is 20.6. The van der Waals surface area contributed by atoms with Crippen molar-refractivity contribution in [3.8, 4) is 0 Å². The monoisotopic (exact) mass is 96.1 g/mol. The molecule has 1 aliphatic rings. The molecule has 0 bridgehead atoms. The lowest BCUT2D eigenvalue weighted by Gasteiger charge is -2.08. The average molecular weight is 96.1 g/mol. The maximum Gasteiger partial charge on any atom is 0.0761 e. The number of hydrogen-bond acceptors (Lipinski definition) is 1. The summed E-state index contributed by atoms with van der Waals surface area (Å²) in [5, 5.41) is 8.75. The lowest BCUT2D eigenvalue weighted by molar-refractivity contribution is 0.234. The van der Waals surface area contributed by atoms with Gasteiger partial charge in [-0.3, -0.25) is 0 Å². The third-order valence-electron chi connectivity index (χ3n) is 1.06. The molecular weight excluding hydrogens is 88.1 g/mol. The van der Waals surface area contributed by atoms with Crippen LogP contribution in [0, 0.1) is 0 Å². The van der Waals surface area contributed by atoms with Gasteiger partial charge in [0.05, 0.1) is 6.10 Å². The van der Waals surface area contributed by atoms with E-state index in [0.717, 1.165) is 5.57 Å². The molecule has 1 rings (SSSR count). The smallest absolute Gasteiger partial charge is 0.0761 e. The summed E-state index contributed by atoms with van der Waals surface area (Å²) in [6, 6.07) is 0. The fraction of sp³-hybridized carbons (Fsp3) is 0.333. The Hall–Kier alpha value is -0.560. The average Bonchev–Trinajstić information content (AvgIpc) is 1.23. The third kappa shape index (κ3) is 0.722. The van der Waals surface area contributed by atoms with Gasteiger partial charge in [0.1, 0.15) is 0 Å². The molecule has 0 aromatic rings. The first-order valence-corrected chi connectivity index (χ1v) is 2.37. The Morgan fingerprint density at radius 3 is 2.29 bits per heavy atom. The van der Waals surface area contributed by atoms with Crippen molar-refractivity contribution in [2.45, 2.75) is 13.0 Å². The minimum absolute atomic E-state index is 0.273. The largest absolute Gasteiger partial charge is 0.389 e. The Labute approximate surface area is 43.0 Å². The van der Waals surface area contributed by atoms with Gasteiger partial charge in [-0.2, -0.15) is 0 Å². The number of aliphatic hydroxyl groups excluding tert-OH is 1. The van der Waals surface area contributed by atoms with Crippen molar-refractivity contribution in [2.75, 3.05) is 0 Å². The van der Waals surface area contributed by atoms with Gasteiger partial charge in [-0.05, 0) is 12.5 Å². The molecule has 7 heavy (non-hydrogen) atoms. The molecule has 1 nitrogen and oxygen atoms in total. The van der Waals surface area contributed by atoms with Gasteiger partial charge in [-0.25, -0.2) is 0 Å². The van der Waals surface area contributed by atoms with Crippen molar-refractivity contribution in [1.29, 1.82) is 0 Å². The van der Waals surface area contributed by atoms with Gasteiger partial charge in [0.2, 0.25) is 0 Å². The van der Waals surface area contributed by atoms with Crippen LogP contribution in [0.2, 0.25) is 0 Å². The molecule has 0 radical (unpaired) electrons. The van der Waals surface area contributed by atoms with E-state index in [-0.39, 0.29) is 6.10 Å². The van der Waals surface area contributed by atoms with Crippen molar-refractivity contribution >= 4 is 0 Å². The highest BCUT2D eigenvalue weighted by atomic mass is 16.3. The topological polar surface area (TPSA) is 20.2 Å². The zero-order valence-corrected chi connectivity index (χ0v) is 4.26. The summed E-state index contributed by atoms with van der Waals surface area (Å²) in [7, 11) is 0. The van der Waals surface area contributed by atoms with Crippen LogP contribution in [-0.2, 0) is 0 Å². The van der Waals surface area contributed by atoms with E-state index >= 15 is 0 Å². The van der Waals surface area contributed by atoms with Crippen LogP contribution in [0.3, 0.4) is 0 Å². The second-order valence-electron chi connectivity index (χ2n) is 1.70. The predicted octanol–water partition coefficient (Wildman–Crippen LogP) is 0.863. The second-order valence-corrected chi connectivity index (χ2v) is 1.70. The minimum Gasteiger partial charge on any atom is -0.389 e. The molecule has 38 valence electrons. The lowest BCUT2D eigenvalue weighted by atomic mass is 10.0. The first kappa shape index (κ1) is 4.60. The number of hydrogen-bond donors (Lipinski definition) is 1. The molecule has 0 fully saturated rings. The fourth-order valence-electron chi connectivity index (χ4n) is 0.486. The molecule has 0 spiro atoms. The van der Waals surface area contributed by atoms with Crippen LogP contribution in [-0.4, -0.2) is 11.2 Å². The quantitative estimate of drug-likeness (QED) is 0.513. The van der Waals surface area contributed by atoms with Crippen LogP contribution in [0.4, 0.5) is 0 Å². The van der Waals surface area contributed by atoms with Crippen LogP contribution < -0.4 is 0 Å². The Morgan fingerprint density at radius 2 is 2.29 bits per heavy atom. The Kier molecular flexibility index (Phi) is 0.988. The summed E-state index contributed by atoms with van der Waals surface area (Å²) in [5.41, 5.74) is 1.03. The molecule has 0 aromatic heterocycles. The molecule has 1 aliphatic carbocycles. The van der Waals surface area contributed by atoms with Gasteiger partial charge < -0.3 is 5.11 Å². The fourth-order valence-corrected chi connectivity index (χ4v) is 0.486. The van der Waals surface area contributed by atoms with Crippen LogP contribution in [0.1, 0.15) is 6.92 Å². The molecule has 0 unspecified atom stereocenters. The van der Waals surface area contributed by atoms with E-state index in [2.05, 4.69) is 0 Å². The van der Waals surface area contributed by atoms with E-state index in [1.807, 2.05) is 18.2 Å². The van der Waals surface area contributed by atoms with Crippen molar-refractivity contribution in [2.24, 2.45) is 0 Å². The first-order valence-electron chi connectivity index (χ1n) is 2.37. The summed E-state index contributed by atoms with van der Waals surface area (Å²) >= 11 is 0. The Balaban J connectivity index is 2.43. The van der Waals surface area contributed by atoms with E-state index < -0.39 is 0 Å². The summed E-state index contributed by atoms with van der Waals surface area (Å²) < 4.78 is 0. The van der Waals surface area contributed by atoms with Gasteiger partial charge in [0.25, 0.3) is 0 Å². The summed E-state index contributed by atoms with van der Waals surface area (Å²) in [5.74, 6) is 0. The molecule has 1 atom stereocenters. The molecule has 0 aromatic carbocycles. The molecule has 0 saturated heterocycles. The molecule has 1 N–H and O–H groups in total. The van der Waals surface area contributed by atoms with Gasteiger partial charge in [-0.1, -0.05) is 18.2 Å². The van der Waals surface area contributed by atoms with Crippen molar-refractivity contribution in [1.82, 2.24) is 0 Å². The zero-order chi connectivity index (χ0) is 5.28. The van der Waals surface area contributed by atoms with Gasteiger partial charge in [0.15, 0.2) is 0 Å². The van der Waals surface area contributed by atoms with Gasteiger partial charge in [0, 0.05) is 0 Å². The van der Waals surface area contributed by atoms with Gasteiger partial charge >= 0.3 is 0 Å². The molecule has 0 aliphatic heterocycles. The van der Waals surface area contributed by atoms with E-state index in [4.69, 9.17) is 5.11 Å². The standard InChI is InChI=1S/C6H8O/c1-5(7)6-3-2-4-6/h2-5,7H,1H3/t5-/m1/s1. The third-order valence-corrected chi connectivity index (χ3v) is 1.06. The van der Waals surface area contributed by atoms with Crippen molar-refractivity contribution in [3.63, 3.8) is 0 Å². The van der Waals surface area contributed by atoms with E-state index in [1.165, 1.54) is 0 Å². The summed E-state index contributed by atoms with van der Waals surface area (Å²) in [6.07, 6.45) is 5.46. The molecule has 0 saturated carbocycles. The highest BCUT2D eigenvalue weighted by Crippen LogP contribution is 2.10. The highest BCUT2D eigenvalue weighted by Gasteiger charge is 2.02. The van der Waals surface area contributed by atoms with E-state index in [1.54, 1.807) is 6.92 Å². The first-order chi connectivity index (χ1) is 3.30. The Bertz CT molecular complexity index is 120. The van der Waals surface area contributed by atoms with Crippen LogP contribution in [0.25, 0.3) is 0 Å². The second kappa shape index (κ2) is 1.51. The minimum atomic E-state index is -0.273. The maximum absolute atomic E-state index is 8.75. The number of aliphatic hydroxyl groups is 1. The van der Waals surface area contributed by atoms with Crippen molar-refractivity contribution in [3.05, 3.63) is 23.8 Å². The van der Waals surface area contributed by atoms with Crippen molar-refractivity contribution < 1.29 is 5.11 Å². The molecule has 0 amide bonds. The zero-order valence-electron chi connectivity index (χ0n) is 4.26. The van der Waals surface area contributed by atoms with E-state index in [0.29, 0.717) is 0 Å². The van der Waals surface area contributed by atoms with E-state index in [9.17, 15) is 0 Å². The molecule has 0 heterocycles. The van der Waals surface area contributed by atoms with Crippen LogP contribution in [0.15, 0.2) is 23.8 Å². The van der Waals surface area contributed by atoms with Gasteiger partial charge in [-0.15, -0.1) is 0 Å². The maximum atomic E-state index is 8.75. The Morgan fingerprint density at radius 1 is 1.71 bits per heavy atom. The summed E-state index contributed by atoms with van der Waals surface area (Å²) in [4.78, 5) is 0. The molecular formula is C6H8O. The SMILES string of the molecule is C[C@@H](O)C1=CC=C1. The number of allylic oxidation sites excluding steroid dienone is 2. The predicted molar refractivity (Wildman–Crippen MR) is 28.9 cm³/mol. The number of rotatable bonds is 1. The van der Waals surface area contributed by atoms with Crippen LogP contribution in [0.5, 0.6) is 0 Å². The molecule has 1 heteroatoms. The van der Waals surface area contributed by atoms with Crippen LogP contribution >= 0.6 is 0 Å². The summed E-state index contributed by atoms with van der Waals surface area (Å²) in [6.45, 7) is 1.76. The highest BCUT2D eigenvalue weighted by molar-refractivity contribution is 5.37.